The summed E-state index contributed by atoms with van der Waals surface area (Å²) in [6.45, 7) is 2.12. The molecule has 1 aromatic carbocycles. The molecular formula is C11H11ClS2. The second kappa shape index (κ2) is 4.13. The van der Waals surface area contributed by atoms with Gasteiger partial charge in [-0.3, -0.25) is 0 Å². The summed E-state index contributed by atoms with van der Waals surface area (Å²) < 4.78 is 2.73. The zero-order valence-electron chi connectivity index (χ0n) is 8.13. The van der Waals surface area contributed by atoms with Gasteiger partial charge in [-0.2, -0.15) is 0 Å². The van der Waals surface area contributed by atoms with Gasteiger partial charge in [0.15, 0.2) is 0 Å². The van der Waals surface area contributed by atoms with E-state index in [1.807, 2.05) is 11.3 Å². The third-order valence-corrected chi connectivity index (χ3v) is 4.75. The number of aryl methyl sites for hydroxylation is 1. The van der Waals surface area contributed by atoms with Gasteiger partial charge in [-0.1, -0.05) is 0 Å². The Morgan fingerprint density at radius 3 is 2.79 bits per heavy atom. The maximum absolute atomic E-state index is 5.87. The minimum atomic E-state index is 0.603. The van der Waals surface area contributed by atoms with Gasteiger partial charge in [-0.15, -0.1) is 34.7 Å². The Balaban J connectivity index is 2.64. The first-order valence-electron chi connectivity index (χ1n) is 4.37. The van der Waals surface area contributed by atoms with Crippen molar-refractivity contribution in [3.05, 3.63) is 29.3 Å². The van der Waals surface area contributed by atoms with Crippen LogP contribution in [0, 0.1) is 6.92 Å². The maximum atomic E-state index is 5.87. The lowest BCUT2D eigenvalue weighted by Crippen LogP contribution is -1.82. The molecule has 0 fully saturated rings. The Hall–Kier alpha value is -0.180. The van der Waals surface area contributed by atoms with Gasteiger partial charge in [0.05, 0.1) is 4.21 Å². The van der Waals surface area contributed by atoms with Crippen LogP contribution in [-0.4, -0.2) is 6.26 Å². The lowest BCUT2D eigenvalue weighted by molar-refractivity contribution is 1.32. The summed E-state index contributed by atoms with van der Waals surface area (Å²) in [6.07, 6.45) is 2.11. The van der Waals surface area contributed by atoms with Crippen LogP contribution < -0.4 is 0 Å². The van der Waals surface area contributed by atoms with Crippen molar-refractivity contribution in [3.63, 3.8) is 0 Å². The smallest absolute Gasteiger partial charge is 0.0608 e. The Morgan fingerprint density at radius 2 is 2.14 bits per heavy atom. The lowest BCUT2D eigenvalue weighted by Gasteiger charge is -2.00. The van der Waals surface area contributed by atoms with E-state index in [1.165, 1.54) is 25.4 Å². The third kappa shape index (κ3) is 1.79. The Bertz CT molecular complexity index is 460. The summed E-state index contributed by atoms with van der Waals surface area (Å²) in [7, 11) is 0. The molecule has 1 heterocycles. The second-order valence-corrected chi connectivity index (χ2v) is 5.68. The van der Waals surface area contributed by atoms with Crippen LogP contribution in [0.15, 0.2) is 22.4 Å². The molecule has 0 saturated carbocycles. The number of benzene rings is 1. The number of alkyl halides is 1. The number of hydrogen-bond acceptors (Lipinski definition) is 2. The van der Waals surface area contributed by atoms with E-state index in [-0.39, 0.29) is 0 Å². The Morgan fingerprint density at radius 1 is 1.36 bits per heavy atom. The molecule has 2 aromatic rings. The van der Waals surface area contributed by atoms with Crippen molar-refractivity contribution in [2.24, 2.45) is 0 Å². The van der Waals surface area contributed by atoms with Crippen LogP contribution >= 0.6 is 34.7 Å². The zero-order valence-corrected chi connectivity index (χ0v) is 10.5. The number of hydrogen-bond donors (Lipinski definition) is 0. The molecule has 0 bridgehead atoms. The summed E-state index contributed by atoms with van der Waals surface area (Å²) in [5.74, 6) is 0.603. The van der Waals surface area contributed by atoms with Gasteiger partial charge in [0.25, 0.3) is 0 Å². The number of halogens is 1. The van der Waals surface area contributed by atoms with Gasteiger partial charge >= 0.3 is 0 Å². The van der Waals surface area contributed by atoms with Crippen LogP contribution in [-0.2, 0) is 5.88 Å². The standard InChI is InChI=1S/C11H11ClS2/c1-7-3-10-8(4-9(7)6-12)5-11(13-2)14-10/h3-5H,6H2,1-2H3. The van der Waals surface area contributed by atoms with E-state index in [4.69, 9.17) is 11.6 Å². The normalized spacial score (nSPS) is 11.1. The molecule has 0 saturated heterocycles. The monoisotopic (exact) mass is 242 g/mol. The van der Waals surface area contributed by atoms with E-state index in [2.05, 4.69) is 31.4 Å². The second-order valence-electron chi connectivity index (χ2n) is 3.22. The van der Waals surface area contributed by atoms with E-state index in [0.29, 0.717) is 5.88 Å². The fraction of sp³-hybridized carbons (Fsp3) is 0.273. The first-order valence-corrected chi connectivity index (χ1v) is 6.95. The number of rotatable bonds is 2. The summed E-state index contributed by atoms with van der Waals surface area (Å²) in [5.41, 5.74) is 2.53. The van der Waals surface area contributed by atoms with Gasteiger partial charge in [0, 0.05) is 10.6 Å². The van der Waals surface area contributed by atoms with Crippen LogP contribution in [0.2, 0.25) is 0 Å². The SMILES string of the molecule is CSc1cc2cc(CCl)c(C)cc2s1. The van der Waals surface area contributed by atoms with Crippen molar-refractivity contribution >= 4 is 44.8 Å². The summed E-state index contributed by atoms with van der Waals surface area (Å²) in [6, 6.07) is 6.67. The summed E-state index contributed by atoms with van der Waals surface area (Å²) in [5, 5.41) is 1.32. The fourth-order valence-corrected chi connectivity index (χ4v) is 3.47. The van der Waals surface area contributed by atoms with E-state index in [0.717, 1.165) is 0 Å². The van der Waals surface area contributed by atoms with E-state index in [9.17, 15) is 0 Å². The minimum absolute atomic E-state index is 0.603. The van der Waals surface area contributed by atoms with Crippen molar-refractivity contribution in [2.75, 3.05) is 6.26 Å². The molecule has 14 heavy (non-hydrogen) atoms. The van der Waals surface area contributed by atoms with Gasteiger partial charge < -0.3 is 0 Å². The average molecular weight is 243 g/mol. The van der Waals surface area contributed by atoms with E-state index < -0.39 is 0 Å². The van der Waals surface area contributed by atoms with Crippen LogP contribution in [0.5, 0.6) is 0 Å². The Kier molecular flexibility index (Phi) is 3.05. The topological polar surface area (TPSA) is 0 Å². The highest BCUT2D eigenvalue weighted by Gasteiger charge is 2.04. The first kappa shape index (κ1) is 10.3. The van der Waals surface area contributed by atoms with E-state index in [1.54, 1.807) is 11.8 Å². The molecular weight excluding hydrogens is 232 g/mol. The largest absolute Gasteiger partial charge is 0.129 e. The molecule has 0 N–H and O–H groups in total. The highest BCUT2D eigenvalue weighted by Crippen LogP contribution is 2.33. The third-order valence-electron chi connectivity index (χ3n) is 2.30. The molecule has 0 atom stereocenters. The maximum Gasteiger partial charge on any atom is 0.0608 e. The molecule has 3 heteroatoms. The molecule has 0 nitrogen and oxygen atoms in total. The molecule has 0 unspecified atom stereocenters. The zero-order chi connectivity index (χ0) is 10.1. The number of fused-ring (bicyclic) bond motifs is 1. The molecule has 1 aromatic heterocycles. The molecule has 0 spiro atoms. The lowest BCUT2D eigenvalue weighted by atomic mass is 10.1. The predicted octanol–water partition coefficient (Wildman–Crippen LogP) is 4.67. The Labute approximate surface area is 97.3 Å². The highest BCUT2D eigenvalue weighted by molar-refractivity contribution is 8.00. The van der Waals surface area contributed by atoms with Crippen LogP contribution in [0.1, 0.15) is 11.1 Å². The van der Waals surface area contributed by atoms with Crippen molar-refractivity contribution in [1.82, 2.24) is 0 Å². The van der Waals surface area contributed by atoms with Crippen molar-refractivity contribution in [2.45, 2.75) is 17.0 Å². The van der Waals surface area contributed by atoms with Crippen molar-refractivity contribution < 1.29 is 0 Å². The molecule has 0 aliphatic carbocycles. The van der Waals surface area contributed by atoms with Gasteiger partial charge in [0.1, 0.15) is 0 Å². The van der Waals surface area contributed by atoms with Crippen LogP contribution in [0.3, 0.4) is 0 Å². The molecule has 0 aliphatic rings. The predicted molar refractivity (Wildman–Crippen MR) is 67.9 cm³/mol. The van der Waals surface area contributed by atoms with Crippen molar-refractivity contribution in [1.29, 1.82) is 0 Å². The number of thioether (sulfide) groups is 1. The van der Waals surface area contributed by atoms with Gasteiger partial charge in [-0.05, 0) is 47.9 Å². The van der Waals surface area contributed by atoms with Gasteiger partial charge in [-0.25, -0.2) is 0 Å². The number of thiophene rings is 1. The van der Waals surface area contributed by atoms with E-state index >= 15 is 0 Å². The average Bonchev–Trinajstić information content (AvgIpc) is 2.58. The van der Waals surface area contributed by atoms with Crippen LogP contribution in [0.4, 0.5) is 0 Å². The van der Waals surface area contributed by atoms with Crippen molar-refractivity contribution in [3.8, 4) is 0 Å². The highest BCUT2D eigenvalue weighted by atomic mass is 35.5. The molecule has 0 amide bonds. The molecule has 74 valence electrons. The summed E-state index contributed by atoms with van der Waals surface area (Å²) >= 11 is 9.52. The fourth-order valence-electron chi connectivity index (χ4n) is 1.46. The molecule has 0 radical (unpaired) electrons. The summed E-state index contributed by atoms with van der Waals surface area (Å²) in [4.78, 5) is 0. The minimum Gasteiger partial charge on any atom is -0.129 e. The van der Waals surface area contributed by atoms with Gasteiger partial charge in [0.2, 0.25) is 0 Å². The first-order chi connectivity index (χ1) is 6.74. The molecule has 0 aliphatic heterocycles. The molecule has 2 rings (SSSR count). The quantitative estimate of drug-likeness (QED) is 0.545. The van der Waals surface area contributed by atoms with Crippen LogP contribution in [0.25, 0.3) is 10.1 Å².